The van der Waals surface area contributed by atoms with Gasteiger partial charge in [0.1, 0.15) is 5.03 Å². The molecule has 1 aliphatic rings. The Morgan fingerprint density at radius 1 is 1.60 bits per heavy atom. The first-order valence-corrected chi connectivity index (χ1v) is 6.46. The van der Waals surface area contributed by atoms with E-state index in [0.717, 1.165) is 25.9 Å². The molecular formula is C9H12ClN3OS. The highest BCUT2D eigenvalue weighted by Crippen LogP contribution is 2.15. The lowest BCUT2D eigenvalue weighted by Gasteiger charge is -2.21. The summed E-state index contributed by atoms with van der Waals surface area (Å²) in [6.45, 7) is 1.80. The number of nitrogens with zero attached hydrogens (tertiary/aromatic N) is 2. The third-order valence-corrected chi connectivity index (χ3v) is 4.19. The Kier molecular flexibility index (Phi) is 3.66. The SMILES string of the molecule is O=[S@@](c1ccnc(Cl)n1)[C@@H]1CCCNC1. The topological polar surface area (TPSA) is 54.9 Å². The average Bonchev–Trinajstić information content (AvgIpc) is 2.29. The third kappa shape index (κ3) is 2.74. The van der Waals surface area contributed by atoms with Gasteiger partial charge in [0.05, 0.1) is 16.0 Å². The lowest BCUT2D eigenvalue weighted by molar-refractivity contribution is 0.519. The van der Waals surface area contributed by atoms with Crippen molar-refractivity contribution in [2.45, 2.75) is 23.1 Å². The molecule has 1 aromatic heterocycles. The zero-order valence-corrected chi connectivity index (χ0v) is 9.72. The molecule has 2 heterocycles. The molecule has 1 saturated heterocycles. The summed E-state index contributed by atoms with van der Waals surface area (Å²) in [5.74, 6) is 0. The number of hydrogen-bond donors (Lipinski definition) is 1. The van der Waals surface area contributed by atoms with E-state index >= 15 is 0 Å². The molecule has 0 spiro atoms. The van der Waals surface area contributed by atoms with Crippen molar-refractivity contribution in [2.75, 3.05) is 13.1 Å². The standard InChI is InChI=1S/C9H12ClN3OS/c10-9-12-5-3-8(13-9)15(14)7-2-1-4-11-6-7/h3,5,7,11H,1-2,4,6H2/t7-,15-/m1/s1. The zero-order valence-electron chi connectivity index (χ0n) is 8.15. The van der Waals surface area contributed by atoms with Crippen LogP contribution in [0.25, 0.3) is 0 Å². The first-order valence-electron chi connectivity index (χ1n) is 4.87. The van der Waals surface area contributed by atoms with E-state index in [1.165, 1.54) is 0 Å². The van der Waals surface area contributed by atoms with Gasteiger partial charge < -0.3 is 5.32 Å². The van der Waals surface area contributed by atoms with E-state index in [2.05, 4.69) is 15.3 Å². The highest BCUT2D eigenvalue weighted by Gasteiger charge is 2.21. The molecule has 1 N–H and O–H groups in total. The van der Waals surface area contributed by atoms with Crippen LogP contribution in [0.3, 0.4) is 0 Å². The molecule has 0 aliphatic carbocycles. The molecule has 1 fully saturated rings. The lowest BCUT2D eigenvalue weighted by Crippen LogP contribution is -2.36. The van der Waals surface area contributed by atoms with E-state index in [1.807, 2.05) is 0 Å². The smallest absolute Gasteiger partial charge is 0.223 e. The van der Waals surface area contributed by atoms with Gasteiger partial charge in [-0.1, -0.05) is 0 Å². The van der Waals surface area contributed by atoms with Gasteiger partial charge >= 0.3 is 0 Å². The molecule has 15 heavy (non-hydrogen) atoms. The van der Waals surface area contributed by atoms with Crippen LogP contribution >= 0.6 is 11.6 Å². The van der Waals surface area contributed by atoms with Crippen molar-refractivity contribution in [1.82, 2.24) is 15.3 Å². The first-order chi connectivity index (χ1) is 7.27. The molecule has 0 amide bonds. The van der Waals surface area contributed by atoms with Crippen LogP contribution in [0.1, 0.15) is 12.8 Å². The van der Waals surface area contributed by atoms with E-state index in [-0.39, 0.29) is 10.5 Å². The quantitative estimate of drug-likeness (QED) is 0.624. The van der Waals surface area contributed by atoms with E-state index in [4.69, 9.17) is 11.6 Å². The summed E-state index contributed by atoms with van der Waals surface area (Å²) in [6, 6.07) is 1.66. The Labute approximate surface area is 95.9 Å². The molecule has 4 nitrogen and oxygen atoms in total. The number of rotatable bonds is 2. The Morgan fingerprint density at radius 2 is 2.47 bits per heavy atom. The van der Waals surface area contributed by atoms with Crippen LogP contribution in [0.5, 0.6) is 0 Å². The summed E-state index contributed by atoms with van der Waals surface area (Å²) >= 11 is 5.66. The van der Waals surface area contributed by atoms with Crippen molar-refractivity contribution in [1.29, 1.82) is 0 Å². The molecule has 0 radical (unpaired) electrons. The Bertz CT molecular complexity index is 368. The van der Waals surface area contributed by atoms with E-state index in [1.54, 1.807) is 12.3 Å². The largest absolute Gasteiger partial charge is 0.316 e. The summed E-state index contributed by atoms with van der Waals surface area (Å²) in [5, 5.41) is 4.06. The molecule has 82 valence electrons. The second-order valence-corrected chi connectivity index (χ2v) is 5.45. The summed E-state index contributed by atoms with van der Waals surface area (Å²) in [4.78, 5) is 7.75. The van der Waals surface area contributed by atoms with Gasteiger partial charge in [0.25, 0.3) is 0 Å². The van der Waals surface area contributed by atoms with Crippen molar-refractivity contribution in [2.24, 2.45) is 0 Å². The lowest BCUT2D eigenvalue weighted by atomic mass is 10.2. The van der Waals surface area contributed by atoms with Crippen LogP contribution < -0.4 is 5.32 Å². The molecule has 6 heteroatoms. The van der Waals surface area contributed by atoms with Crippen molar-refractivity contribution in [3.8, 4) is 0 Å². The molecule has 1 aromatic rings. The summed E-state index contributed by atoms with van der Waals surface area (Å²) in [7, 11) is -1.08. The van der Waals surface area contributed by atoms with Crippen LogP contribution in [0.4, 0.5) is 0 Å². The molecule has 0 aromatic carbocycles. The van der Waals surface area contributed by atoms with Crippen molar-refractivity contribution < 1.29 is 4.21 Å². The summed E-state index contributed by atoms with van der Waals surface area (Å²) < 4.78 is 12.1. The van der Waals surface area contributed by atoms with Gasteiger partial charge in [0, 0.05) is 12.7 Å². The molecule has 1 aliphatic heterocycles. The Morgan fingerprint density at radius 3 is 3.13 bits per heavy atom. The minimum absolute atomic E-state index is 0.143. The van der Waals surface area contributed by atoms with Gasteiger partial charge in [-0.15, -0.1) is 0 Å². The minimum atomic E-state index is -1.08. The summed E-state index contributed by atoms with van der Waals surface area (Å²) in [6.07, 6.45) is 3.58. The first kappa shape index (κ1) is 11.0. The van der Waals surface area contributed by atoms with Crippen molar-refractivity contribution in [3.63, 3.8) is 0 Å². The third-order valence-electron chi connectivity index (χ3n) is 2.36. The fraction of sp³-hybridized carbons (Fsp3) is 0.556. The van der Waals surface area contributed by atoms with Crippen LogP contribution in [0.15, 0.2) is 17.3 Å². The van der Waals surface area contributed by atoms with Crippen LogP contribution in [-0.2, 0) is 10.8 Å². The second-order valence-electron chi connectivity index (χ2n) is 3.43. The normalized spacial score (nSPS) is 23.7. The maximum atomic E-state index is 12.1. The maximum absolute atomic E-state index is 12.1. The van der Waals surface area contributed by atoms with Crippen molar-refractivity contribution in [3.05, 3.63) is 17.5 Å². The van der Waals surface area contributed by atoms with Gasteiger partial charge in [-0.3, -0.25) is 4.21 Å². The molecule has 0 saturated carbocycles. The van der Waals surface area contributed by atoms with Crippen LogP contribution in [-0.4, -0.2) is 32.5 Å². The van der Waals surface area contributed by atoms with Gasteiger partial charge in [0.15, 0.2) is 0 Å². The highest BCUT2D eigenvalue weighted by atomic mass is 35.5. The predicted molar refractivity (Wildman–Crippen MR) is 59.3 cm³/mol. The second kappa shape index (κ2) is 5.01. The fourth-order valence-corrected chi connectivity index (χ4v) is 3.17. The summed E-state index contributed by atoms with van der Waals surface area (Å²) in [5.41, 5.74) is 0. The molecule has 0 unspecified atom stereocenters. The number of piperidine rings is 1. The Hall–Kier alpha value is -0.520. The van der Waals surface area contributed by atoms with Gasteiger partial charge in [0.2, 0.25) is 5.28 Å². The fourth-order valence-electron chi connectivity index (χ4n) is 1.60. The number of hydrogen-bond acceptors (Lipinski definition) is 4. The Balaban J connectivity index is 2.12. The molecule has 2 atom stereocenters. The van der Waals surface area contributed by atoms with Gasteiger partial charge in [-0.2, -0.15) is 0 Å². The predicted octanol–water partition coefficient (Wildman–Crippen LogP) is 0.990. The average molecular weight is 246 g/mol. The van der Waals surface area contributed by atoms with Crippen LogP contribution in [0.2, 0.25) is 5.28 Å². The zero-order chi connectivity index (χ0) is 10.7. The van der Waals surface area contributed by atoms with E-state index < -0.39 is 10.8 Å². The van der Waals surface area contributed by atoms with Crippen molar-refractivity contribution >= 4 is 22.4 Å². The highest BCUT2D eigenvalue weighted by molar-refractivity contribution is 7.85. The van der Waals surface area contributed by atoms with Gasteiger partial charge in [-0.25, -0.2) is 9.97 Å². The molecular weight excluding hydrogens is 234 g/mol. The number of aromatic nitrogens is 2. The van der Waals surface area contributed by atoms with E-state index in [0.29, 0.717) is 5.03 Å². The monoisotopic (exact) mass is 245 g/mol. The molecule has 2 rings (SSSR count). The van der Waals surface area contributed by atoms with Crippen LogP contribution in [0, 0.1) is 0 Å². The van der Waals surface area contributed by atoms with E-state index in [9.17, 15) is 4.21 Å². The number of halogens is 1. The number of nitrogens with one attached hydrogen (secondary N) is 1. The molecule has 0 bridgehead atoms. The maximum Gasteiger partial charge on any atom is 0.223 e. The minimum Gasteiger partial charge on any atom is -0.316 e. The van der Waals surface area contributed by atoms with Gasteiger partial charge in [-0.05, 0) is 37.1 Å².